The maximum absolute atomic E-state index is 5.32. The number of rotatable bonds is 3. The van der Waals surface area contributed by atoms with Crippen LogP contribution in [-0.4, -0.2) is 12.0 Å². The fourth-order valence-electron chi connectivity index (χ4n) is 1.65. The van der Waals surface area contributed by atoms with Crippen molar-refractivity contribution in [2.75, 3.05) is 7.05 Å². The molecule has 0 spiro atoms. The smallest absolute Gasteiger partial charge is 0.0829 e. The fraction of sp³-hybridized carbons (Fsp3) is 0.417. The maximum atomic E-state index is 5.32. The highest BCUT2D eigenvalue weighted by Gasteiger charge is 2.19. The van der Waals surface area contributed by atoms with Gasteiger partial charge in [-0.2, -0.15) is 0 Å². The Balaban J connectivity index is 2.95. The van der Waals surface area contributed by atoms with Gasteiger partial charge in [0, 0.05) is 13.0 Å². The van der Waals surface area contributed by atoms with E-state index in [1.54, 1.807) is 0 Å². The van der Waals surface area contributed by atoms with E-state index in [-0.39, 0.29) is 0 Å². The van der Waals surface area contributed by atoms with Crippen molar-refractivity contribution in [2.24, 2.45) is 5.92 Å². The van der Waals surface area contributed by atoms with E-state index in [9.17, 15) is 0 Å². The van der Waals surface area contributed by atoms with E-state index >= 15 is 0 Å². The molecule has 0 unspecified atom stereocenters. The zero-order valence-corrected chi connectivity index (χ0v) is 9.77. The summed E-state index contributed by atoms with van der Waals surface area (Å²) in [7, 11) is 1.89. The Labute approximate surface area is 91.5 Å². The van der Waals surface area contributed by atoms with Crippen molar-refractivity contribution < 1.29 is 0 Å². The summed E-state index contributed by atoms with van der Waals surface area (Å²) in [6.45, 7) is 4.39. The molecule has 0 amide bonds. The van der Waals surface area contributed by atoms with Crippen LogP contribution in [0.4, 0.5) is 0 Å². The van der Waals surface area contributed by atoms with Gasteiger partial charge in [-0.1, -0.05) is 56.4 Å². The minimum atomic E-state index is 0.330. The van der Waals surface area contributed by atoms with Crippen LogP contribution in [0.25, 0.3) is 0 Å². The van der Waals surface area contributed by atoms with E-state index in [2.05, 4.69) is 43.4 Å². The Morgan fingerprint density at radius 1 is 1.21 bits per heavy atom. The van der Waals surface area contributed by atoms with Gasteiger partial charge >= 0.3 is 0 Å². The first-order chi connectivity index (χ1) is 6.66. The fourth-order valence-corrected chi connectivity index (χ4v) is 2.06. The third kappa shape index (κ3) is 2.55. The largest absolute Gasteiger partial charge is 0.382 e. The van der Waals surface area contributed by atoms with Gasteiger partial charge in [-0.15, -0.1) is 0 Å². The summed E-state index contributed by atoms with van der Waals surface area (Å²) in [5, 5.41) is 3.08. The van der Waals surface area contributed by atoms with Gasteiger partial charge in [0.05, 0.1) is 4.99 Å². The number of thiocarbonyl (C=S) groups is 1. The highest BCUT2D eigenvalue weighted by Crippen LogP contribution is 2.24. The van der Waals surface area contributed by atoms with Crippen LogP contribution >= 0.6 is 12.2 Å². The van der Waals surface area contributed by atoms with E-state index in [0.29, 0.717) is 11.8 Å². The Morgan fingerprint density at radius 2 is 1.79 bits per heavy atom. The van der Waals surface area contributed by atoms with Crippen molar-refractivity contribution in [3.8, 4) is 0 Å². The maximum Gasteiger partial charge on any atom is 0.0829 e. The van der Waals surface area contributed by atoms with E-state index < -0.39 is 0 Å². The van der Waals surface area contributed by atoms with Gasteiger partial charge in [0.1, 0.15) is 0 Å². The van der Waals surface area contributed by atoms with Crippen molar-refractivity contribution in [3.05, 3.63) is 35.9 Å². The Morgan fingerprint density at radius 3 is 2.21 bits per heavy atom. The van der Waals surface area contributed by atoms with Crippen LogP contribution < -0.4 is 5.32 Å². The van der Waals surface area contributed by atoms with Crippen LogP contribution in [0.5, 0.6) is 0 Å². The molecule has 0 aliphatic heterocycles. The summed E-state index contributed by atoms with van der Waals surface area (Å²) in [6, 6.07) is 10.4. The molecule has 0 aliphatic rings. The predicted molar refractivity (Wildman–Crippen MR) is 65.7 cm³/mol. The summed E-state index contributed by atoms with van der Waals surface area (Å²) >= 11 is 5.32. The highest BCUT2D eigenvalue weighted by molar-refractivity contribution is 7.80. The van der Waals surface area contributed by atoms with Gasteiger partial charge in [0.15, 0.2) is 0 Å². The molecular formula is C12H17NS. The third-order valence-corrected chi connectivity index (χ3v) is 2.81. The van der Waals surface area contributed by atoms with Gasteiger partial charge in [0.2, 0.25) is 0 Å². The second kappa shape index (κ2) is 5.11. The number of likely N-dealkylation sites (N-methyl/N-ethyl adjacent to an activating group) is 1. The first-order valence-electron chi connectivity index (χ1n) is 4.93. The second-order valence-electron chi connectivity index (χ2n) is 3.75. The van der Waals surface area contributed by atoms with Gasteiger partial charge < -0.3 is 5.32 Å². The van der Waals surface area contributed by atoms with Gasteiger partial charge in [-0.25, -0.2) is 0 Å². The summed E-state index contributed by atoms with van der Waals surface area (Å²) in [4.78, 5) is 0.922. The molecule has 1 aromatic carbocycles. The van der Waals surface area contributed by atoms with Gasteiger partial charge in [0.25, 0.3) is 0 Å². The molecule has 0 fully saturated rings. The average molecular weight is 207 g/mol. The van der Waals surface area contributed by atoms with Crippen LogP contribution in [0.1, 0.15) is 25.3 Å². The normalized spacial score (nSPS) is 12.6. The zero-order chi connectivity index (χ0) is 10.6. The lowest BCUT2D eigenvalue weighted by Crippen LogP contribution is -2.27. The lowest BCUT2D eigenvalue weighted by atomic mass is 9.88. The molecule has 1 aromatic rings. The second-order valence-corrected chi connectivity index (χ2v) is 4.19. The molecule has 76 valence electrons. The molecule has 0 heterocycles. The molecule has 0 bridgehead atoms. The minimum Gasteiger partial charge on any atom is -0.382 e. The minimum absolute atomic E-state index is 0.330. The van der Waals surface area contributed by atoms with Crippen molar-refractivity contribution in [1.29, 1.82) is 0 Å². The van der Waals surface area contributed by atoms with Crippen LogP contribution in [0, 0.1) is 5.92 Å². The molecule has 2 heteroatoms. The Bertz CT molecular complexity index is 292. The number of hydrogen-bond acceptors (Lipinski definition) is 1. The average Bonchev–Trinajstić information content (AvgIpc) is 2.19. The molecule has 0 saturated carbocycles. The van der Waals surface area contributed by atoms with Gasteiger partial charge in [-0.05, 0) is 11.5 Å². The van der Waals surface area contributed by atoms with Gasteiger partial charge in [-0.3, -0.25) is 0 Å². The van der Waals surface area contributed by atoms with Crippen LogP contribution in [0.2, 0.25) is 0 Å². The predicted octanol–water partition coefficient (Wildman–Crippen LogP) is 2.97. The molecule has 0 aromatic heterocycles. The van der Waals surface area contributed by atoms with Crippen LogP contribution in [-0.2, 0) is 0 Å². The number of nitrogens with one attached hydrogen (secondary N) is 1. The molecule has 1 rings (SSSR count). The summed E-state index contributed by atoms with van der Waals surface area (Å²) < 4.78 is 0. The first kappa shape index (κ1) is 11.2. The zero-order valence-electron chi connectivity index (χ0n) is 8.95. The van der Waals surface area contributed by atoms with E-state index in [4.69, 9.17) is 12.2 Å². The van der Waals surface area contributed by atoms with Crippen molar-refractivity contribution in [1.82, 2.24) is 5.32 Å². The van der Waals surface area contributed by atoms with E-state index in [0.717, 1.165) is 4.99 Å². The standard InChI is InChI=1S/C12H17NS/c1-9(2)11(12(14)13-3)10-7-5-4-6-8-10/h4-9,11H,1-3H3,(H,13,14)/t11-/m0/s1. The lowest BCUT2D eigenvalue weighted by molar-refractivity contribution is 0.598. The summed E-state index contributed by atoms with van der Waals surface area (Å²) in [5.74, 6) is 0.855. The topological polar surface area (TPSA) is 12.0 Å². The third-order valence-electron chi connectivity index (χ3n) is 2.35. The molecule has 0 saturated heterocycles. The summed E-state index contributed by atoms with van der Waals surface area (Å²) in [5.41, 5.74) is 1.29. The van der Waals surface area contributed by atoms with Crippen molar-refractivity contribution in [3.63, 3.8) is 0 Å². The van der Waals surface area contributed by atoms with Crippen LogP contribution in [0.15, 0.2) is 30.3 Å². The molecule has 0 aliphatic carbocycles. The summed E-state index contributed by atoms with van der Waals surface area (Å²) in [6.07, 6.45) is 0. The quantitative estimate of drug-likeness (QED) is 0.765. The van der Waals surface area contributed by atoms with E-state index in [1.807, 2.05) is 13.1 Å². The lowest BCUT2D eigenvalue weighted by Gasteiger charge is -2.22. The number of benzene rings is 1. The Hall–Kier alpha value is -0.890. The molecule has 1 atom stereocenters. The molecule has 1 nitrogen and oxygen atoms in total. The molecule has 0 radical (unpaired) electrons. The SMILES string of the molecule is CNC(=S)[C@H](c1ccccc1)C(C)C. The monoisotopic (exact) mass is 207 g/mol. The Kier molecular flexibility index (Phi) is 4.08. The van der Waals surface area contributed by atoms with Crippen molar-refractivity contribution >= 4 is 17.2 Å². The highest BCUT2D eigenvalue weighted by atomic mass is 32.1. The molecule has 1 N–H and O–H groups in total. The van der Waals surface area contributed by atoms with E-state index in [1.165, 1.54) is 5.56 Å². The molecule has 14 heavy (non-hydrogen) atoms. The van der Waals surface area contributed by atoms with Crippen LogP contribution in [0.3, 0.4) is 0 Å². The first-order valence-corrected chi connectivity index (χ1v) is 5.34. The number of hydrogen-bond donors (Lipinski definition) is 1. The molecular weight excluding hydrogens is 190 g/mol. The van der Waals surface area contributed by atoms with Crippen molar-refractivity contribution in [2.45, 2.75) is 19.8 Å².